The molecule has 1 aliphatic heterocycles. The Labute approximate surface area is 214 Å². The summed E-state index contributed by atoms with van der Waals surface area (Å²) in [7, 11) is 7.37. The van der Waals surface area contributed by atoms with Gasteiger partial charge in [-0.15, -0.1) is 24.0 Å². The van der Waals surface area contributed by atoms with E-state index in [2.05, 4.69) is 45.6 Å². The molecule has 0 aliphatic carbocycles. The van der Waals surface area contributed by atoms with Gasteiger partial charge in [-0.2, -0.15) is 0 Å². The van der Waals surface area contributed by atoms with Crippen molar-refractivity contribution in [2.24, 2.45) is 4.99 Å². The number of rotatable bonds is 9. The van der Waals surface area contributed by atoms with Crippen LogP contribution >= 0.6 is 24.0 Å². The van der Waals surface area contributed by atoms with Gasteiger partial charge in [-0.05, 0) is 37.1 Å². The van der Waals surface area contributed by atoms with E-state index in [1.54, 1.807) is 14.2 Å². The highest BCUT2D eigenvalue weighted by molar-refractivity contribution is 14.0. The molecule has 1 atom stereocenters. The van der Waals surface area contributed by atoms with Gasteiger partial charge in [0.25, 0.3) is 0 Å². The molecule has 9 heteroatoms. The molecule has 2 N–H and O–H groups in total. The molecule has 2 heterocycles. The summed E-state index contributed by atoms with van der Waals surface area (Å²) in [5.74, 6) is 3.44. The van der Waals surface area contributed by atoms with Crippen LogP contribution in [0.3, 0.4) is 0 Å². The molecule has 0 bridgehead atoms. The number of nitrogens with one attached hydrogen (secondary N) is 2. The summed E-state index contributed by atoms with van der Waals surface area (Å²) >= 11 is 0. The Bertz CT molecular complexity index is 886. The molecule has 2 aromatic rings. The largest absolute Gasteiger partial charge is 0.497 e. The predicted molar refractivity (Wildman–Crippen MR) is 145 cm³/mol. The molecule has 0 saturated carbocycles. The molecule has 182 valence electrons. The minimum Gasteiger partial charge on any atom is -0.497 e. The third-order valence-electron chi connectivity index (χ3n) is 5.47. The zero-order valence-electron chi connectivity index (χ0n) is 20.3. The van der Waals surface area contributed by atoms with Gasteiger partial charge in [0.1, 0.15) is 17.3 Å². The monoisotopic (exact) mass is 568 g/mol. The molecule has 1 unspecified atom stereocenters. The maximum Gasteiger partial charge on any atom is 0.191 e. The Morgan fingerprint density at radius 1 is 1.21 bits per heavy atom. The van der Waals surface area contributed by atoms with Crippen LogP contribution in [-0.2, 0) is 13.1 Å². The number of ether oxygens (including phenoxy) is 2. The lowest BCUT2D eigenvalue weighted by molar-refractivity contribution is 0.321. The summed E-state index contributed by atoms with van der Waals surface area (Å²) < 4.78 is 10.8. The van der Waals surface area contributed by atoms with Crippen LogP contribution in [0.15, 0.2) is 41.5 Å². The van der Waals surface area contributed by atoms with E-state index in [0.717, 1.165) is 61.4 Å². The second-order valence-corrected chi connectivity index (χ2v) is 8.16. The average Bonchev–Trinajstić information content (AvgIpc) is 3.23. The fourth-order valence-electron chi connectivity index (χ4n) is 3.94. The first-order valence-electron chi connectivity index (χ1n) is 11.1. The number of pyridine rings is 1. The number of hydrogen-bond acceptors (Lipinski definition) is 6. The summed E-state index contributed by atoms with van der Waals surface area (Å²) in [6.45, 7) is 6.34. The summed E-state index contributed by atoms with van der Waals surface area (Å²) in [5, 5.41) is 6.99. The van der Waals surface area contributed by atoms with Crippen LogP contribution in [0, 0.1) is 0 Å². The molecule has 1 saturated heterocycles. The number of methoxy groups -OCH3 is 2. The molecular weight excluding hydrogens is 531 g/mol. The maximum absolute atomic E-state index is 5.41. The first-order valence-corrected chi connectivity index (χ1v) is 11.1. The van der Waals surface area contributed by atoms with Crippen molar-refractivity contribution in [1.82, 2.24) is 20.5 Å². The van der Waals surface area contributed by atoms with Gasteiger partial charge in [-0.25, -0.2) is 9.98 Å². The molecule has 8 nitrogen and oxygen atoms in total. The average molecular weight is 569 g/mol. The zero-order valence-corrected chi connectivity index (χ0v) is 22.6. The molecule has 3 rings (SSSR count). The number of hydrogen-bond donors (Lipinski definition) is 2. The van der Waals surface area contributed by atoms with Crippen molar-refractivity contribution in [2.45, 2.75) is 32.5 Å². The van der Waals surface area contributed by atoms with Crippen LogP contribution in [0.1, 0.15) is 24.5 Å². The summed E-state index contributed by atoms with van der Waals surface area (Å²) in [5.41, 5.74) is 2.30. The predicted octanol–water partition coefficient (Wildman–Crippen LogP) is 3.11. The Morgan fingerprint density at radius 2 is 1.94 bits per heavy atom. The van der Waals surface area contributed by atoms with E-state index in [-0.39, 0.29) is 24.0 Å². The van der Waals surface area contributed by atoms with Crippen LogP contribution in [0.2, 0.25) is 0 Å². The maximum atomic E-state index is 5.41. The smallest absolute Gasteiger partial charge is 0.191 e. The SMILES string of the molecule is CCNC(=NCc1cccnc1N(C)C)NC1CCN(Cc2cc(OC)cc(OC)c2)C1.I. The zero-order chi connectivity index (χ0) is 22.9. The van der Waals surface area contributed by atoms with E-state index in [9.17, 15) is 0 Å². The second-order valence-electron chi connectivity index (χ2n) is 8.16. The molecule has 1 aromatic carbocycles. The van der Waals surface area contributed by atoms with Gasteiger partial charge < -0.3 is 25.0 Å². The number of halogens is 1. The number of benzene rings is 1. The second kappa shape index (κ2) is 13.4. The van der Waals surface area contributed by atoms with Crippen molar-refractivity contribution in [3.63, 3.8) is 0 Å². The van der Waals surface area contributed by atoms with E-state index < -0.39 is 0 Å². The van der Waals surface area contributed by atoms with E-state index in [0.29, 0.717) is 12.6 Å². The Morgan fingerprint density at radius 3 is 2.58 bits per heavy atom. The van der Waals surface area contributed by atoms with Crippen molar-refractivity contribution >= 4 is 35.8 Å². The topological polar surface area (TPSA) is 74.3 Å². The number of guanidine groups is 1. The fourth-order valence-corrected chi connectivity index (χ4v) is 3.94. The van der Waals surface area contributed by atoms with Gasteiger partial charge in [-0.3, -0.25) is 4.90 Å². The third kappa shape index (κ3) is 7.92. The number of nitrogens with zero attached hydrogens (tertiary/aromatic N) is 4. The first kappa shape index (κ1) is 27.0. The molecule has 0 spiro atoms. The summed E-state index contributed by atoms with van der Waals surface area (Å²) in [6, 6.07) is 10.4. The highest BCUT2D eigenvalue weighted by Gasteiger charge is 2.23. The Hall–Kier alpha value is -2.27. The lowest BCUT2D eigenvalue weighted by Crippen LogP contribution is -2.44. The Kier molecular flexibility index (Phi) is 11.0. The first-order chi connectivity index (χ1) is 15.5. The van der Waals surface area contributed by atoms with E-state index in [4.69, 9.17) is 14.5 Å². The van der Waals surface area contributed by atoms with Crippen LogP contribution in [0.25, 0.3) is 0 Å². The Balaban J connectivity index is 0.00000385. The minimum absolute atomic E-state index is 0. The lowest BCUT2D eigenvalue weighted by atomic mass is 10.2. The van der Waals surface area contributed by atoms with Crippen molar-refractivity contribution in [1.29, 1.82) is 0 Å². The number of aliphatic imine (C=N–C) groups is 1. The van der Waals surface area contributed by atoms with Crippen LogP contribution in [0.4, 0.5) is 5.82 Å². The number of likely N-dealkylation sites (tertiary alicyclic amines) is 1. The normalized spacial score (nSPS) is 16.2. The highest BCUT2D eigenvalue weighted by atomic mass is 127. The highest BCUT2D eigenvalue weighted by Crippen LogP contribution is 2.24. The standard InChI is InChI=1S/C24H36N6O2.HI/c1-6-25-24(27-15-19-8-7-10-26-23(19)29(2)3)28-20-9-11-30(17-20)16-18-12-21(31-4)14-22(13-18)32-5;/h7-8,10,12-14,20H,6,9,11,15-17H2,1-5H3,(H2,25,27,28);1H. The van der Waals surface area contributed by atoms with Gasteiger partial charge in [-0.1, -0.05) is 6.07 Å². The molecule has 1 aliphatic rings. The quantitative estimate of drug-likeness (QED) is 0.274. The molecule has 1 fully saturated rings. The molecular formula is C24H37IN6O2. The lowest BCUT2D eigenvalue weighted by Gasteiger charge is -2.20. The molecule has 0 amide bonds. The van der Waals surface area contributed by atoms with Crippen LogP contribution in [-0.4, -0.2) is 69.8 Å². The molecule has 33 heavy (non-hydrogen) atoms. The van der Waals surface area contributed by atoms with Crippen LogP contribution < -0.4 is 25.0 Å². The van der Waals surface area contributed by atoms with Crippen molar-refractivity contribution in [2.75, 3.05) is 52.8 Å². The van der Waals surface area contributed by atoms with Gasteiger partial charge in [0.2, 0.25) is 0 Å². The molecule has 1 aromatic heterocycles. The van der Waals surface area contributed by atoms with E-state index in [1.807, 2.05) is 37.3 Å². The van der Waals surface area contributed by atoms with Crippen LogP contribution in [0.5, 0.6) is 11.5 Å². The molecule has 0 radical (unpaired) electrons. The van der Waals surface area contributed by atoms with Gasteiger partial charge in [0.15, 0.2) is 5.96 Å². The summed E-state index contributed by atoms with van der Waals surface area (Å²) in [6.07, 6.45) is 2.89. The van der Waals surface area contributed by atoms with Gasteiger partial charge >= 0.3 is 0 Å². The van der Waals surface area contributed by atoms with Crippen molar-refractivity contribution in [3.8, 4) is 11.5 Å². The number of aromatic nitrogens is 1. The third-order valence-corrected chi connectivity index (χ3v) is 5.47. The number of anilines is 1. The minimum atomic E-state index is 0. The van der Waals surface area contributed by atoms with Crippen molar-refractivity contribution in [3.05, 3.63) is 47.7 Å². The van der Waals surface area contributed by atoms with Gasteiger partial charge in [0.05, 0.1) is 20.8 Å². The van der Waals surface area contributed by atoms with E-state index >= 15 is 0 Å². The van der Waals surface area contributed by atoms with E-state index in [1.165, 1.54) is 5.56 Å². The van der Waals surface area contributed by atoms with Gasteiger partial charge in [0, 0.05) is 64.1 Å². The fraction of sp³-hybridized carbons (Fsp3) is 0.500. The summed E-state index contributed by atoms with van der Waals surface area (Å²) in [4.78, 5) is 13.8. The van der Waals surface area contributed by atoms with Crippen molar-refractivity contribution < 1.29 is 9.47 Å².